The second-order valence-corrected chi connectivity index (χ2v) is 5.45. The molecule has 0 heterocycles. The van der Waals surface area contributed by atoms with Gasteiger partial charge in [-0.05, 0) is 65.7 Å². The van der Waals surface area contributed by atoms with Gasteiger partial charge in [-0.25, -0.2) is 0 Å². The van der Waals surface area contributed by atoms with Crippen LogP contribution in [0.25, 0.3) is 0 Å². The van der Waals surface area contributed by atoms with Crippen molar-refractivity contribution in [3.8, 4) is 5.75 Å². The van der Waals surface area contributed by atoms with Crippen LogP contribution in [-0.2, 0) is 24.1 Å². The molecule has 2 nitrogen and oxygen atoms in total. The average molecular weight is 297 g/mol. The van der Waals surface area contributed by atoms with Crippen molar-refractivity contribution in [1.29, 1.82) is 0 Å². The number of halogens is 1. The van der Waals surface area contributed by atoms with Crippen molar-refractivity contribution in [3.05, 3.63) is 27.2 Å². The number of carbonyl (C=O) groups excluding carboxylic acids is 1. The fraction of sp³-hybridized carbons (Fsp3) is 0.500. The molecular weight excluding hydrogens is 280 g/mol. The van der Waals surface area contributed by atoms with E-state index in [1.54, 1.807) is 14.0 Å². The fourth-order valence-electron chi connectivity index (χ4n) is 2.59. The van der Waals surface area contributed by atoms with Gasteiger partial charge in [-0.2, -0.15) is 0 Å². The first-order valence-electron chi connectivity index (χ1n) is 6.00. The molecule has 1 aliphatic carbocycles. The van der Waals surface area contributed by atoms with E-state index >= 15 is 0 Å². The zero-order valence-corrected chi connectivity index (χ0v) is 11.9. The van der Waals surface area contributed by atoms with Crippen LogP contribution in [-0.4, -0.2) is 12.9 Å². The van der Waals surface area contributed by atoms with Crippen LogP contribution < -0.4 is 4.74 Å². The second-order valence-electron chi connectivity index (χ2n) is 4.59. The van der Waals surface area contributed by atoms with Gasteiger partial charge in [0.05, 0.1) is 11.6 Å². The molecule has 0 saturated heterocycles. The third kappa shape index (κ3) is 2.54. The summed E-state index contributed by atoms with van der Waals surface area (Å²) in [5.41, 5.74) is 3.80. The van der Waals surface area contributed by atoms with Crippen molar-refractivity contribution >= 4 is 21.7 Å². The predicted molar refractivity (Wildman–Crippen MR) is 71.7 cm³/mol. The minimum atomic E-state index is 0.189. The largest absolute Gasteiger partial charge is 0.495 e. The number of carbonyl (C=O) groups is 1. The Morgan fingerprint density at radius 1 is 1.41 bits per heavy atom. The van der Waals surface area contributed by atoms with Crippen LogP contribution >= 0.6 is 15.9 Å². The lowest BCUT2D eigenvalue weighted by molar-refractivity contribution is -0.116. The zero-order chi connectivity index (χ0) is 12.4. The Bertz CT molecular complexity index is 452. The number of methoxy groups -OCH3 is 1. The Morgan fingerprint density at radius 3 is 2.76 bits per heavy atom. The van der Waals surface area contributed by atoms with E-state index < -0.39 is 0 Å². The molecule has 3 heteroatoms. The SMILES string of the molecule is COc1c(Br)cc2c(c1CC(C)=O)CCCC2. The predicted octanol–water partition coefficient (Wildman–Crippen LogP) is 3.47. The van der Waals surface area contributed by atoms with Crippen molar-refractivity contribution in [3.63, 3.8) is 0 Å². The summed E-state index contributed by atoms with van der Waals surface area (Å²) in [6.07, 6.45) is 5.11. The lowest BCUT2D eigenvalue weighted by Crippen LogP contribution is -2.11. The standard InChI is InChI=1S/C14H17BrO2/c1-9(16)7-12-11-6-4-3-5-10(11)8-13(15)14(12)17-2/h8H,3-7H2,1-2H3. The first-order chi connectivity index (χ1) is 8.13. The van der Waals surface area contributed by atoms with Crippen molar-refractivity contribution in [1.82, 2.24) is 0 Å². The van der Waals surface area contributed by atoms with Crippen LogP contribution in [0.2, 0.25) is 0 Å². The lowest BCUT2D eigenvalue weighted by Gasteiger charge is -2.22. The molecule has 17 heavy (non-hydrogen) atoms. The number of rotatable bonds is 3. The Labute approximate surface area is 110 Å². The maximum Gasteiger partial charge on any atom is 0.136 e. The fourth-order valence-corrected chi connectivity index (χ4v) is 3.27. The van der Waals surface area contributed by atoms with Crippen LogP contribution in [0.4, 0.5) is 0 Å². The highest BCUT2D eigenvalue weighted by atomic mass is 79.9. The highest BCUT2D eigenvalue weighted by Gasteiger charge is 2.20. The molecule has 0 radical (unpaired) electrons. The van der Waals surface area contributed by atoms with Gasteiger partial charge < -0.3 is 4.74 Å². The molecule has 0 amide bonds. The molecule has 0 aliphatic heterocycles. The minimum absolute atomic E-state index is 0.189. The van der Waals surface area contributed by atoms with Crippen LogP contribution in [0.15, 0.2) is 10.5 Å². The highest BCUT2D eigenvalue weighted by molar-refractivity contribution is 9.10. The van der Waals surface area contributed by atoms with E-state index in [4.69, 9.17) is 4.74 Å². The number of ketones is 1. The van der Waals surface area contributed by atoms with E-state index in [1.807, 2.05) is 0 Å². The van der Waals surface area contributed by atoms with Gasteiger partial charge in [-0.3, -0.25) is 4.79 Å². The van der Waals surface area contributed by atoms with Crippen LogP contribution in [0.5, 0.6) is 5.75 Å². The Kier molecular flexibility index (Phi) is 3.87. The summed E-state index contributed by atoms with van der Waals surface area (Å²) in [7, 11) is 1.67. The lowest BCUT2D eigenvalue weighted by atomic mass is 9.86. The number of hydrogen-bond acceptors (Lipinski definition) is 2. The van der Waals surface area contributed by atoms with Crippen molar-refractivity contribution in [2.45, 2.75) is 39.0 Å². The van der Waals surface area contributed by atoms with Crippen molar-refractivity contribution in [2.24, 2.45) is 0 Å². The summed E-state index contributed by atoms with van der Waals surface area (Å²) in [5.74, 6) is 1.02. The number of hydrogen-bond donors (Lipinski definition) is 0. The highest BCUT2D eigenvalue weighted by Crippen LogP contribution is 2.37. The van der Waals surface area contributed by atoms with E-state index in [1.165, 1.54) is 24.0 Å². The van der Waals surface area contributed by atoms with Gasteiger partial charge in [0.2, 0.25) is 0 Å². The quantitative estimate of drug-likeness (QED) is 0.854. The number of benzene rings is 1. The number of fused-ring (bicyclic) bond motifs is 1. The van der Waals surface area contributed by atoms with Crippen LogP contribution in [0.3, 0.4) is 0 Å². The Hall–Kier alpha value is -0.830. The zero-order valence-electron chi connectivity index (χ0n) is 10.3. The summed E-state index contributed by atoms with van der Waals surface area (Å²) >= 11 is 3.54. The molecule has 0 N–H and O–H groups in total. The molecule has 0 aromatic heterocycles. The van der Waals surface area contributed by atoms with E-state index in [0.717, 1.165) is 28.6 Å². The Morgan fingerprint density at radius 2 is 2.12 bits per heavy atom. The number of aryl methyl sites for hydroxylation is 1. The van der Waals surface area contributed by atoms with Crippen molar-refractivity contribution in [2.75, 3.05) is 7.11 Å². The molecule has 0 atom stereocenters. The first kappa shape index (κ1) is 12.6. The first-order valence-corrected chi connectivity index (χ1v) is 6.79. The molecule has 1 aliphatic rings. The number of ether oxygens (including phenoxy) is 1. The van der Waals surface area contributed by atoms with Gasteiger partial charge in [0.25, 0.3) is 0 Å². The maximum absolute atomic E-state index is 11.4. The molecule has 0 unspecified atom stereocenters. The van der Waals surface area contributed by atoms with Gasteiger partial charge >= 0.3 is 0 Å². The summed E-state index contributed by atoms with van der Waals surface area (Å²) in [6, 6.07) is 2.15. The third-order valence-corrected chi connectivity index (χ3v) is 3.89. The van der Waals surface area contributed by atoms with E-state index in [0.29, 0.717) is 6.42 Å². The molecule has 1 aromatic carbocycles. The van der Waals surface area contributed by atoms with Gasteiger partial charge in [-0.15, -0.1) is 0 Å². The normalized spacial score (nSPS) is 14.3. The summed E-state index contributed by atoms with van der Waals surface area (Å²) in [6.45, 7) is 1.63. The van der Waals surface area contributed by atoms with Crippen LogP contribution in [0.1, 0.15) is 36.5 Å². The third-order valence-electron chi connectivity index (χ3n) is 3.30. The van der Waals surface area contributed by atoms with Crippen LogP contribution in [0, 0.1) is 0 Å². The molecule has 0 saturated carbocycles. The number of Topliss-reactive ketones (excluding diaryl/α,β-unsaturated/α-hetero) is 1. The molecule has 1 aromatic rings. The van der Waals surface area contributed by atoms with Crippen molar-refractivity contribution < 1.29 is 9.53 Å². The van der Waals surface area contributed by atoms with Gasteiger partial charge in [0, 0.05) is 12.0 Å². The smallest absolute Gasteiger partial charge is 0.136 e. The summed E-state index contributed by atoms with van der Waals surface area (Å²) in [4.78, 5) is 11.4. The van der Waals surface area contributed by atoms with E-state index in [-0.39, 0.29) is 5.78 Å². The van der Waals surface area contributed by atoms with E-state index in [2.05, 4.69) is 22.0 Å². The molecule has 0 fully saturated rings. The molecule has 0 bridgehead atoms. The second kappa shape index (κ2) is 5.21. The Balaban J connectivity index is 2.56. The minimum Gasteiger partial charge on any atom is -0.495 e. The molecule has 2 rings (SSSR count). The van der Waals surface area contributed by atoms with Gasteiger partial charge in [-0.1, -0.05) is 0 Å². The molecular formula is C14H17BrO2. The summed E-state index contributed by atoms with van der Waals surface area (Å²) in [5, 5.41) is 0. The topological polar surface area (TPSA) is 26.3 Å². The monoisotopic (exact) mass is 296 g/mol. The summed E-state index contributed by atoms with van der Waals surface area (Å²) < 4.78 is 6.41. The average Bonchev–Trinajstić information content (AvgIpc) is 2.28. The van der Waals surface area contributed by atoms with Gasteiger partial charge in [0.1, 0.15) is 11.5 Å². The molecule has 92 valence electrons. The van der Waals surface area contributed by atoms with Gasteiger partial charge in [0.15, 0.2) is 0 Å². The van der Waals surface area contributed by atoms with E-state index in [9.17, 15) is 4.79 Å². The molecule has 0 spiro atoms. The maximum atomic E-state index is 11.4.